The first-order valence-corrected chi connectivity index (χ1v) is 18.1. The molecule has 2 heterocycles. The van der Waals surface area contributed by atoms with Gasteiger partial charge < -0.3 is 5.11 Å². The highest BCUT2D eigenvalue weighted by Crippen LogP contribution is 2.41. The molecule has 1 N–H and O–H groups in total. The topological polar surface area (TPSA) is 50.9 Å². The van der Waals surface area contributed by atoms with Gasteiger partial charge in [-0.2, -0.15) is 0 Å². The SMILES string of the molecule is [2H]c1nc(-c2cc(-c3ccccc3)cc(-c3cccc4c3nc(-c3ccccc3O)n4-c3cc(-c4ccccc4)c(C([2H])([2H])[2H])c(C([2H])([2H])[2H])c3)c2)c([2H])c(-c2c([2H])c([2H])c(C(C([2H])([2H])[2H])(C([2H])([2H])[2H])C([2H])([2H])[2H])c([2H])c2[2H])c1[2H]. The summed E-state index contributed by atoms with van der Waals surface area (Å²) in [7, 11) is 0. The van der Waals surface area contributed by atoms with Crippen LogP contribution in [0, 0.1) is 13.7 Å². The summed E-state index contributed by atoms with van der Waals surface area (Å²) in [6.45, 7) is -17.7. The number of phenolic OH excluding ortho intramolecular Hbond substituents is 1. The standard InChI is InChI=1S/C54H45N3O/c1-35-29-45(34-48(36(35)2)39-17-10-7-11-18-39)57-50-21-14-20-46(52(50)56-53(57)47-19-12-13-22-51(47)58)42-30-41(37-15-8-6-9-16-37)31-43(32-42)49-33-40(27-28-55-49)38-23-25-44(26-24-38)54(3,4)5/h6-34,58H,1-5H3/i1D3,2D3,3D3,4D3,5D3,23D,24D,25D,26D,27D,28D,33D. The second-order valence-electron chi connectivity index (χ2n) is 13.6. The van der Waals surface area contributed by atoms with Crippen molar-refractivity contribution in [1.82, 2.24) is 14.5 Å². The first-order chi connectivity index (χ1) is 37.2. The fourth-order valence-electron chi connectivity index (χ4n) is 6.96. The average molecular weight is 774 g/mol. The molecule has 0 amide bonds. The van der Waals surface area contributed by atoms with Crippen molar-refractivity contribution in [3.63, 3.8) is 0 Å². The summed E-state index contributed by atoms with van der Waals surface area (Å²) in [6, 6.07) is 29.9. The third kappa shape index (κ3) is 6.88. The number of aryl methyl sites for hydroxylation is 1. The molecule has 0 atom stereocenters. The molecule has 0 radical (unpaired) electrons. The summed E-state index contributed by atoms with van der Waals surface area (Å²) in [5, 5.41) is 11.4. The van der Waals surface area contributed by atoms with Gasteiger partial charge in [0.25, 0.3) is 0 Å². The molecule has 0 saturated heterocycles. The molecule has 0 spiro atoms. The van der Waals surface area contributed by atoms with Gasteiger partial charge in [-0.1, -0.05) is 130 Å². The van der Waals surface area contributed by atoms with Crippen LogP contribution in [0.2, 0.25) is 0 Å². The normalized spacial score (nSPS) is 18.2. The number of hydrogen-bond donors (Lipinski definition) is 1. The van der Waals surface area contributed by atoms with Crippen molar-refractivity contribution in [3.8, 4) is 78.6 Å². The van der Waals surface area contributed by atoms with Gasteiger partial charge in [-0.15, -0.1) is 0 Å². The van der Waals surface area contributed by atoms with Crippen LogP contribution >= 0.6 is 0 Å². The van der Waals surface area contributed by atoms with Crippen LogP contribution in [0.15, 0.2) is 176 Å². The molecular formula is C54H45N3O. The maximum absolute atomic E-state index is 11.4. The van der Waals surface area contributed by atoms with Crippen molar-refractivity contribution >= 4 is 11.0 Å². The number of nitrogens with zero attached hydrogens (tertiary/aromatic N) is 3. The molecule has 0 saturated carbocycles. The van der Waals surface area contributed by atoms with Gasteiger partial charge in [0.2, 0.25) is 0 Å². The van der Waals surface area contributed by atoms with Gasteiger partial charge in [-0.3, -0.25) is 9.55 Å². The molecule has 0 aliphatic rings. The Labute approximate surface area is 371 Å². The molecule has 4 nitrogen and oxygen atoms in total. The maximum atomic E-state index is 11.4. The number of benzene rings is 7. The van der Waals surface area contributed by atoms with Gasteiger partial charge in [0, 0.05) is 43.5 Å². The Kier molecular flexibility index (Phi) is 4.95. The second-order valence-corrected chi connectivity index (χ2v) is 13.6. The molecule has 0 unspecified atom stereocenters. The van der Waals surface area contributed by atoms with E-state index in [9.17, 15) is 6.48 Å². The van der Waals surface area contributed by atoms with Crippen LogP contribution in [0.5, 0.6) is 5.75 Å². The third-order valence-electron chi connectivity index (χ3n) is 9.76. The van der Waals surface area contributed by atoms with E-state index in [1.807, 2.05) is 0 Å². The fraction of sp³-hybridized carbons (Fsp3) is 0.111. The number of fused-ring (bicyclic) bond motifs is 1. The van der Waals surface area contributed by atoms with Crippen molar-refractivity contribution in [2.75, 3.05) is 0 Å². The summed E-state index contributed by atoms with van der Waals surface area (Å²) < 4.78 is 191. The van der Waals surface area contributed by atoms with Crippen molar-refractivity contribution in [1.29, 1.82) is 0 Å². The monoisotopic (exact) mass is 773 g/mol. The fourth-order valence-corrected chi connectivity index (χ4v) is 6.96. The highest BCUT2D eigenvalue weighted by Gasteiger charge is 2.22. The third-order valence-corrected chi connectivity index (χ3v) is 9.76. The molecule has 9 aromatic rings. The van der Waals surface area contributed by atoms with Gasteiger partial charge >= 0.3 is 0 Å². The lowest BCUT2D eigenvalue weighted by molar-refractivity contribution is 0.477. The van der Waals surface area contributed by atoms with Crippen LogP contribution in [-0.2, 0) is 5.41 Å². The van der Waals surface area contributed by atoms with Crippen LogP contribution in [0.4, 0.5) is 0 Å². The van der Waals surface area contributed by atoms with Crippen molar-refractivity contribution in [2.24, 2.45) is 0 Å². The highest BCUT2D eigenvalue weighted by atomic mass is 16.3. The van der Waals surface area contributed by atoms with Crippen LogP contribution in [0.3, 0.4) is 0 Å². The molecule has 9 rings (SSSR count). The Balaban J connectivity index is 1.34. The predicted octanol–water partition coefficient (Wildman–Crippen LogP) is 14.0. The zero-order valence-electron chi connectivity index (χ0n) is 52.5. The van der Waals surface area contributed by atoms with Gasteiger partial charge in [0.15, 0.2) is 0 Å². The first-order valence-electron chi connectivity index (χ1n) is 29.1. The minimum absolute atomic E-state index is 0.103. The van der Waals surface area contributed by atoms with Crippen molar-refractivity contribution < 1.29 is 35.3 Å². The molecule has 7 aromatic carbocycles. The lowest BCUT2D eigenvalue weighted by Crippen LogP contribution is -2.10. The molecule has 0 bridgehead atoms. The quantitative estimate of drug-likeness (QED) is 0.175. The maximum Gasteiger partial charge on any atom is 0.149 e. The summed E-state index contributed by atoms with van der Waals surface area (Å²) in [6.07, 6.45) is -0.815. The van der Waals surface area contributed by atoms with E-state index in [0.29, 0.717) is 33.3 Å². The van der Waals surface area contributed by atoms with E-state index in [-0.39, 0.29) is 50.7 Å². The average Bonchev–Trinajstić information content (AvgIpc) is 2.82. The van der Waals surface area contributed by atoms with Crippen LogP contribution < -0.4 is 0 Å². The summed E-state index contributed by atoms with van der Waals surface area (Å²) >= 11 is 0. The van der Waals surface area contributed by atoms with Crippen molar-refractivity contribution in [2.45, 2.75) is 39.7 Å². The number of hydrogen-bond acceptors (Lipinski definition) is 3. The Morgan fingerprint density at radius 1 is 0.586 bits per heavy atom. The van der Waals surface area contributed by atoms with Gasteiger partial charge in [-0.05, 0) is 135 Å². The molecule has 0 aliphatic carbocycles. The molecule has 0 aliphatic heterocycles. The van der Waals surface area contributed by atoms with Crippen LogP contribution in [-0.4, -0.2) is 19.6 Å². The van der Waals surface area contributed by atoms with E-state index in [0.717, 1.165) is 0 Å². The van der Waals surface area contributed by atoms with Crippen LogP contribution in [0.1, 0.15) is 67.4 Å². The van der Waals surface area contributed by atoms with E-state index in [1.165, 1.54) is 12.1 Å². The largest absolute Gasteiger partial charge is 0.507 e. The molecular weight excluding hydrogens is 707 g/mol. The predicted molar refractivity (Wildman–Crippen MR) is 241 cm³/mol. The zero-order chi connectivity index (χ0) is 58.6. The highest BCUT2D eigenvalue weighted by molar-refractivity contribution is 5.98. The molecule has 0 fully saturated rings. The second kappa shape index (κ2) is 14.8. The Hall–Kier alpha value is -7.04. The lowest BCUT2D eigenvalue weighted by atomic mass is 9.86. The van der Waals surface area contributed by atoms with E-state index < -0.39 is 104 Å². The van der Waals surface area contributed by atoms with E-state index in [1.54, 1.807) is 126 Å². The minimum Gasteiger partial charge on any atom is -0.507 e. The number of aromatic nitrogens is 3. The number of para-hydroxylation sites is 2. The Bertz CT molecular complexity index is 3850. The summed E-state index contributed by atoms with van der Waals surface area (Å²) in [5.41, 5.74) is -4.50. The number of phenols is 1. The summed E-state index contributed by atoms with van der Waals surface area (Å²) in [5.74, 6) is -0.0830. The Morgan fingerprint density at radius 3 is 2.03 bits per heavy atom. The summed E-state index contributed by atoms with van der Waals surface area (Å²) in [4.78, 5) is 9.46. The van der Waals surface area contributed by atoms with E-state index in [2.05, 4.69) is 4.98 Å². The molecule has 282 valence electrons. The molecule has 58 heavy (non-hydrogen) atoms. The van der Waals surface area contributed by atoms with Crippen molar-refractivity contribution in [3.05, 3.63) is 193 Å². The number of aromatic hydroxyl groups is 1. The van der Waals surface area contributed by atoms with E-state index in [4.69, 9.17) is 33.8 Å². The minimum atomic E-state index is -3.97. The zero-order valence-corrected chi connectivity index (χ0v) is 30.5. The number of rotatable bonds is 7. The van der Waals surface area contributed by atoms with Gasteiger partial charge in [-0.25, -0.2) is 4.98 Å². The number of imidazole rings is 1. The van der Waals surface area contributed by atoms with E-state index >= 15 is 0 Å². The number of pyridine rings is 1. The van der Waals surface area contributed by atoms with Gasteiger partial charge in [0.05, 0.1) is 31.9 Å². The smallest absolute Gasteiger partial charge is 0.149 e. The molecule has 4 heteroatoms. The van der Waals surface area contributed by atoms with Gasteiger partial charge in [0.1, 0.15) is 11.6 Å². The molecule has 2 aromatic heterocycles. The first kappa shape index (κ1) is 19.4. The Morgan fingerprint density at radius 2 is 1.29 bits per heavy atom. The van der Waals surface area contributed by atoms with Crippen LogP contribution in [0.25, 0.3) is 83.9 Å². The lowest BCUT2D eigenvalue weighted by Gasteiger charge is -2.19.